The fourth-order valence-electron chi connectivity index (χ4n) is 4.16. The van der Waals surface area contributed by atoms with Crippen molar-refractivity contribution in [3.05, 3.63) is 68.4 Å². The van der Waals surface area contributed by atoms with Gasteiger partial charge in [0.05, 0.1) is 0 Å². The largest absolute Gasteiger partial charge is 0.341 e. The van der Waals surface area contributed by atoms with Gasteiger partial charge >= 0.3 is 5.69 Å². The zero-order chi connectivity index (χ0) is 23.7. The molecule has 3 aromatic rings. The van der Waals surface area contributed by atoms with Gasteiger partial charge in [0.25, 0.3) is 5.56 Å². The molecular formula is C23H28N6O3S. The Morgan fingerprint density at radius 2 is 1.97 bits per heavy atom. The van der Waals surface area contributed by atoms with E-state index in [4.69, 9.17) is 10.7 Å². The average Bonchev–Trinajstić information content (AvgIpc) is 3.19. The minimum absolute atomic E-state index is 0.0193. The second-order valence-electron chi connectivity index (χ2n) is 8.56. The molecule has 0 spiro atoms. The molecule has 0 aliphatic carbocycles. The molecule has 10 heteroatoms. The van der Waals surface area contributed by atoms with Crippen LogP contribution in [0.2, 0.25) is 0 Å². The summed E-state index contributed by atoms with van der Waals surface area (Å²) in [7, 11) is 1.57. The molecule has 0 bridgehead atoms. The Bertz CT molecular complexity index is 1390. The number of anilines is 1. The van der Waals surface area contributed by atoms with Gasteiger partial charge in [0.1, 0.15) is 11.3 Å². The molecule has 9 nitrogen and oxygen atoms in total. The first-order valence-electron chi connectivity index (χ1n) is 10.9. The van der Waals surface area contributed by atoms with Gasteiger partial charge in [-0.2, -0.15) is 4.98 Å². The summed E-state index contributed by atoms with van der Waals surface area (Å²) in [5, 5.41) is 0. The van der Waals surface area contributed by atoms with E-state index in [9.17, 15) is 13.8 Å². The summed E-state index contributed by atoms with van der Waals surface area (Å²) in [6.07, 6.45) is 3.87. The summed E-state index contributed by atoms with van der Waals surface area (Å²) in [6, 6.07) is 8.76. The SMILES string of the molecule is CC(C)=CCn1c(N2CCCC(N)C2)nc2c1c(=O)n(C(=S=O)c1ccccc1)c(=O)n2C. The molecule has 4 rings (SSSR count). The van der Waals surface area contributed by atoms with Crippen LogP contribution in [0, 0.1) is 0 Å². The van der Waals surface area contributed by atoms with E-state index in [1.54, 1.807) is 31.3 Å². The third-order valence-corrected chi connectivity index (χ3v) is 6.43. The third-order valence-electron chi connectivity index (χ3n) is 5.86. The molecule has 0 saturated carbocycles. The number of hydrogen-bond donors (Lipinski definition) is 1. The molecule has 0 radical (unpaired) electrons. The number of fused-ring (bicyclic) bond motifs is 1. The Hall–Kier alpha value is -3.24. The fourth-order valence-corrected chi connectivity index (χ4v) is 4.63. The Balaban J connectivity index is 2.03. The lowest BCUT2D eigenvalue weighted by Gasteiger charge is -2.31. The molecule has 0 amide bonds. The molecule has 2 aromatic heterocycles. The molecule has 3 heterocycles. The minimum Gasteiger partial charge on any atom is -0.341 e. The first kappa shape index (κ1) is 22.9. The van der Waals surface area contributed by atoms with Gasteiger partial charge in [0, 0.05) is 38.3 Å². The van der Waals surface area contributed by atoms with Crippen LogP contribution in [0.4, 0.5) is 5.95 Å². The van der Waals surface area contributed by atoms with E-state index in [1.165, 1.54) is 4.57 Å². The number of piperidine rings is 1. The lowest BCUT2D eigenvalue weighted by molar-refractivity contribution is 0.495. The predicted molar refractivity (Wildman–Crippen MR) is 132 cm³/mol. The monoisotopic (exact) mass is 468 g/mol. The number of nitrogens with zero attached hydrogens (tertiary/aromatic N) is 5. The number of nitrogens with two attached hydrogens (primary N) is 1. The van der Waals surface area contributed by atoms with Gasteiger partial charge in [-0.05, 0) is 26.7 Å². The van der Waals surface area contributed by atoms with Gasteiger partial charge in [-0.3, -0.25) is 9.36 Å². The zero-order valence-electron chi connectivity index (χ0n) is 19.0. The van der Waals surface area contributed by atoms with Gasteiger partial charge in [-0.25, -0.2) is 13.6 Å². The molecule has 1 aliphatic rings. The zero-order valence-corrected chi connectivity index (χ0v) is 19.8. The highest BCUT2D eigenvalue weighted by Gasteiger charge is 2.27. The predicted octanol–water partition coefficient (Wildman–Crippen LogP) is 1.03. The number of aryl methyl sites for hydroxylation is 1. The van der Waals surface area contributed by atoms with Crippen LogP contribution in [0.15, 0.2) is 51.6 Å². The van der Waals surface area contributed by atoms with Gasteiger partial charge in [0.2, 0.25) is 5.95 Å². The number of benzene rings is 1. The Morgan fingerprint density at radius 3 is 2.61 bits per heavy atom. The highest BCUT2D eigenvalue weighted by molar-refractivity contribution is 7.67. The summed E-state index contributed by atoms with van der Waals surface area (Å²) in [5.74, 6) is 0.610. The molecule has 1 atom stereocenters. The lowest BCUT2D eigenvalue weighted by Crippen LogP contribution is -2.44. The van der Waals surface area contributed by atoms with Crippen molar-refractivity contribution in [2.24, 2.45) is 12.8 Å². The van der Waals surface area contributed by atoms with E-state index < -0.39 is 11.2 Å². The minimum atomic E-state index is -0.608. The second kappa shape index (κ2) is 9.32. The van der Waals surface area contributed by atoms with Crippen LogP contribution in [-0.4, -0.2) is 47.0 Å². The van der Waals surface area contributed by atoms with Crippen LogP contribution in [0.1, 0.15) is 32.3 Å². The normalized spacial score (nSPS) is 16.1. The maximum Gasteiger partial charge on any atom is 0.337 e. The lowest BCUT2D eigenvalue weighted by atomic mass is 10.1. The van der Waals surface area contributed by atoms with Gasteiger partial charge in [-0.1, -0.05) is 42.0 Å². The smallest absolute Gasteiger partial charge is 0.337 e. The summed E-state index contributed by atoms with van der Waals surface area (Å²) < 4.78 is 16.2. The van der Waals surface area contributed by atoms with E-state index in [0.717, 1.165) is 29.5 Å². The van der Waals surface area contributed by atoms with Gasteiger partial charge < -0.3 is 15.2 Å². The molecule has 1 saturated heterocycles. The summed E-state index contributed by atoms with van der Waals surface area (Å²) in [6.45, 7) is 5.78. The van der Waals surface area contributed by atoms with Crippen LogP contribution < -0.4 is 21.9 Å². The number of rotatable bonds is 4. The molecule has 1 aromatic carbocycles. The first-order chi connectivity index (χ1) is 15.8. The quantitative estimate of drug-likeness (QED) is 0.453. The molecule has 1 aliphatic heterocycles. The summed E-state index contributed by atoms with van der Waals surface area (Å²) in [4.78, 5) is 33.8. The topological polar surface area (TPSA) is 108 Å². The summed E-state index contributed by atoms with van der Waals surface area (Å²) >= 11 is 0.129. The van der Waals surface area contributed by atoms with Crippen molar-refractivity contribution in [3.63, 3.8) is 0 Å². The van der Waals surface area contributed by atoms with E-state index in [2.05, 4.69) is 4.90 Å². The molecule has 2 N–H and O–H groups in total. The standard InChI is InChI=1S/C23H28N6O3S/c1-15(2)11-13-28-18-19(25-22(28)27-12-7-10-17(24)14-27)26(3)23(31)29(20(18)30)21(33-32)16-8-5-4-6-9-16/h4-6,8-9,11,17H,7,10,12-14,24H2,1-3H3. The Labute approximate surface area is 194 Å². The van der Waals surface area contributed by atoms with Crippen LogP contribution in [-0.2, 0) is 24.8 Å². The number of imidazole rings is 1. The maximum absolute atomic E-state index is 13.8. The van der Waals surface area contributed by atoms with Crippen molar-refractivity contribution in [1.82, 2.24) is 18.7 Å². The molecule has 33 heavy (non-hydrogen) atoms. The molecule has 174 valence electrons. The second-order valence-corrected chi connectivity index (χ2v) is 9.11. The molecule has 1 fully saturated rings. The highest BCUT2D eigenvalue weighted by atomic mass is 32.1. The van der Waals surface area contributed by atoms with E-state index in [-0.39, 0.29) is 27.8 Å². The van der Waals surface area contributed by atoms with E-state index in [1.807, 2.05) is 30.6 Å². The van der Waals surface area contributed by atoms with Crippen molar-refractivity contribution in [2.45, 2.75) is 39.3 Å². The Morgan fingerprint density at radius 1 is 1.24 bits per heavy atom. The van der Waals surface area contributed by atoms with Crippen LogP contribution >= 0.6 is 0 Å². The average molecular weight is 469 g/mol. The third kappa shape index (κ3) is 4.23. The van der Waals surface area contributed by atoms with Crippen LogP contribution in [0.25, 0.3) is 11.2 Å². The van der Waals surface area contributed by atoms with Crippen molar-refractivity contribution in [1.29, 1.82) is 0 Å². The van der Waals surface area contributed by atoms with Gasteiger partial charge in [0.15, 0.2) is 16.2 Å². The number of allylic oxidation sites excluding steroid dienone is 2. The van der Waals surface area contributed by atoms with Crippen molar-refractivity contribution >= 4 is 33.4 Å². The summed E-state index contributed by atoms with van der Waals surface area (Å²) in [5.41, 5.74) is 7.22. The van der Waals surface area contributed by atoms with Crippen molar-refractivity contribution in [3.8, 4) is 0 Å². The first-order valence-corrected chi connectivity index (χ1v) is 11.7. The van der Waals surface area contributed by atoms with Crippen molar-refractivity contribution < 1.29 is 4.21 Å². The van der Waals surface area contributed by atoms with E-state index >= 15 is 0 Å². The fraction of sp³-hybridized carbons (Fsp3) is 0.391. The highest BCUT2D eigenvalue weighted by Crippen LogP contribution is 2.23. The van der Waals surface area contributed by atoms with Crippen LogP contribution in [0.5, 0.6) is 0 Å². The van der Waals surface area contributed by atoms with Crippen LogP contribution in [0.3, 0.4) is 0 Å². The van der Waals surface area contributed by atoms with E-state index in [0.29, 0.717) is 30.2 Å². The maximum atomic E-state index is 13.8. The Kier molecular flexibility index (Phi) is 6.48. The van der Waals surface area contributed by atoms with Gasteiger partial charge in [-0.15, -0.1) is 0 Å². The molecular weight excluding hydrogens is 440 g/mol. The number of aromatic nitrogens is 4. The van der Waals surface area contributed by atoms with Crippen molar-refractivity contribution in [2.75, 3.05) is 18.0 Å². The molecule has 1 unspecified atom stereocenters. The number of hydrogen-bond acceptors (Lipinski definition) is 6.